The van der Waals surface area contributed by atoms with Crippen LogP contribution in [0.25, 0.3) is 11.2 Å². The third-order valence-electron chi connectivity index (χ3n) is 4.50. The number of amides is 1. The number of carbonyl (C=O) groups excluding carboxylic acids is 1. The zero-order valence-electron chi connectivity index (χ0n) is 17.9. The average molecular weight is 435 g/mol. The number of anilines is 2. The molecule has 32 heavy (non-hydrogen) atoms. The lowest BCUT2D eigenvalue weighted by Crippen LogP contribution is -2.30. The van der Waals surface area contributed by atoms with Gasteiger partial charge in [0.1, 0.15) is 6.54 Å². The molecule has 1 unspecified atom stereocenters. The first-order valence-corrected chi connectivity index (χ1v) is 9.74. The van der Waals surface area contributed by atoms with Gasteiger partial charge in [0, 0.05) is 12.0 Å². The smallest absolute Gasteiger partial charge is 0.322 e. The monoisotopic (exact) mass is 435 g/mol. The molecule has 10 heteroatoms. The fraction of sp³-hybridized carbons (Fsp3) is 0.273. The van der Waals surface area contributed by atoms with Gasteiger partial charge in [-0.1, -0.05) is 23.8 Å². The van der Waals surface area contributed by atoms with Crippen molar-refractivity contribution in [3.8, 4) is 12.3 Å². The van der Waals surface area contributed by atoms with Gasteiger partial charge in [-0.3, -0.25) is 9.59 Å². The standard InChI is InChI=1S/C22H25N7O3/c1-4-6-14(21(32)26-12-17(30)31)9-8-13(3)15(7-5-2)10-16-11-25-20-18(27-16)19(23)28-22(24)29-20/h2,4,6,8-9,11,15H,7,10,12H2,1,3H3,(H,26,32)(H,30,31)(H4,23,24,25,28,29)/b6-4-,13-8+,14-9+. The van der Waals surface area contributed by atoms with Crippen LogP contribution in [0.2, 0.25) is 0 Å². The number of terminal acetylenes is 1. The van der Waals surface area contributed by atoms with Crippen LogP contribution in [0.1, 0.15) is 26.0 Å². The minimum Gasteiger partial charge on any atom is -0.480 e. The van der Waals surface area contributed by atoms with E-state index < -0.39 is 18.4 Å². The van der Waals surface area contributed by atoms with Gasteiger partial charge in [-0.05, 0) is 32.3 Å². The normalized spacial score (nSPS) is 13.2. The molecule has 1 atom stereocenters. The molecule has 10 nitrogen and oxygen atoms in total. The Morgan fingerprint density at radius 1 is 1.28 bits per heavy atom. The number of aromatic nitrogens is 4. The molecule has 0 bridgehead atoms. The second-order valence-electron chi connectivity index (χ2n) is 6.92. The van der Waals surface area contributed by atoms with Gasteiger partial charge in [-0.2, -0.15) is 9.97 Å². The summed E-state index contributed by atoms with van der Waals surface area (Å²) in [5.41, 5.74) is 14.0. The molecule has 2 aromatic heterocycles. The Hall–Kier alpha value is -4.26. The van der Waals surface area contributed by atoms with Gasteiger partial charge in [-0.15, -0.1) is 12.3 Å². The topological polar surface area (TPSA) is 170 Å². The minimum absolute atomic E-state index is 0.0251. The lowest BCUT2D eigenvalue weighted by atomic mass is 9.91. The molecule has 1 amide bonds. The van der Waals surface area contributed by atoms with Crippen molar-refractivity contribution < 1.29 is 14.7 Å². The van der Waals surface area contributed by atoms with E-state index >= 15 is 0 Å². The summed E-state index contributed by atoms with van der Waals surface area (Å²) in [5.74, 6) is 1.15. The Labute approximate surface area is 185 Å². The van der Waals surface area contributed by atoms with Crippen LogP contribution in [0, 0.1) is 18.3 Å². The highest BCUT2D eigenvalue weighted by Gasteiger charge is 2.15. The summed E-state index contributed by atoms with van der Waals surface area (Å²) in [7, 11) is 0. The Morgan fingerprint density at radius 2 is 2.03 bits per heavy atom. The van der Waals surface area contributed by atoms with Gasteiger partial charge in [0.05, 0.1) is 11.9 Å². The molecule has 0 aliphatic carbocycles. The number of carboxylic acids is 1. The Balaban J connectivity index is 2.28. The highest BCUT2D eigenvalue weighted by atomic mass is 16.4. The molecular formula is C22H25N7O3. The van der Waals surface area contributed by atoms with E-state index in [1.807, 2.05) is 6.92 Å². The molecule has 0 aliphatic heterocycles. The number of rotatable bonds is 9. The Morgan fingerprint density at radius 3 is 2.69 bits per heavy atom. The number of nitrogens with zero attached hydrogens (tertiary/aromatic N) is 4. The number of hydrogen-bond donors (Lipinski definition) is 4. The molecule has 2 aromatic rings. The number of allylic oxidation sites excluding steroid dienone is 4. The van der Waals surface area contributed by atoms with Crippen LogP contribution < -0.4 is 16.8 Å². The van der Waals surface area contributed by atoms with Crippen LogP contribution in [0.5, 0.6) is 0 Å². The minimum atomic E-state index is -1.12. The molecule has 6 N–H and O–H groups in total. The highest BCUT2D eigenvalue weighted by molar-refractivity contribution is 5.97. The molecule has 2 rings (SSSR count). The van der Waals surface area contributed by atoms with Crippen LogP contribution in [0.3, 0.4) is 0 Å². The van der Waals surface area contributed by atoms with Crippen molar-refractivity contribution in [2.75, 3.05) is 18.0 Å². The average Bonchev–Trinajstić information content (AvgIpc) is 2.74. The predicted octanol–water partition coefficient (Wildman–Crippen LogP) is 1.42. The van der Waals surface area contributed by atoms with Crippen LogP contribution in [-0.4, -0.2) is 43.5 Å². The van der Waals surface area contributed by atoms with Crippen LogP contribution in [-0.2, 0) is 16.0 Å². The lowest BCUT2D eigenvalue weighted by molar-refractivity contribution is -0.137. The SMILES string of the molecule is C#CCC(Cc1cnc2nc(N)nc(N)c2n1)/C(C)=C/C=C(\C=C/C)C(=O)NCC(=O)O. The number of nitrogens with two attached hydrogens (primary N) is 2. The van der Waals surface area contributed by atoms with Crippen LogP contribution in [0.4, 0.5) is 11.8 Å². The number of hydrogen-bond acceptors (Lipinski definition) is 8. The molecule has 0 radical (unpaired) electrons. The third-order valence-corrected chi connectivity index (χ3v) is 4.50. The van der Waals surface area contributed by atoms with Gasteiger partial charge in [0.2, 0.25) is 5.95 Å². The lowest BCUT2D eigenvalue weighted by Gasteiger charge is -2.15. The molecule has 2 heterocycles. The van der Waals surface area contributed by atoms with Gasteiger partial charge >= 0.3 is 5.97 Å². The van der Waals surface area contributed by atoms with Crippen LogP contribution in [0.15, 0.2) is 41.6 Å². The summed E-state index contributed by atoms with van der Waals surface area (Å²) < 4.78 is 0. The number of carboxylic acid groups (broad SMARTS) is 1. The van der Waals surface area contributed by atoms with Crippen molar-refractivity contribution in [3.05, 3.63) is 47.3 Å². The summed E-state index contributed by atoms with van der Waals surface area (Å²) in [6.07, 6.45) is 14.8. The van der Waals surface area contributed by atoms with E-state index in [0.29, 0.717) is 35.3 Å². The predicted molar refractivity (Wildman–Crippen MR) is 122 cm³/mol. The summed E-state index contributed by atoms with van der Waals surface area (Å²) in [5, 5.41) is 11.1. The van der Waals surface area contributed by atoms with Gasteiger partial charge < -0.3 is 21.9 Å². The quantitative estimate of drug-likeness (QED) is 0.258. The Bertz CT molecular complexity index is 1150. The zero-order valence-corrected chi connectivity index (χ0v) is 17.9. The Kier molecular flexibility index (Phi) is 8.42. The zero-order chi connectivity index (χ0) is 23.7. The molecule has 0 aromatic carbocycles. The van der Waals surface area contributed by atoms with Crippen LogP contribution >= 0.6 is 0 Å². The summed E-state index contributed by atoms with van der Waals surface area (Å²) in [6.45, 7) is 3.19. The van der Waals surface area contributed by atoms with E-state index in [2.05, 4.69) is 31.2 Å². The highest BCUT2D eigenvalue weighted by Crippen LogP contribution is 2.22. The molecule has 0 spiro atoms. The molecule has 0 saturated heterocycles. The first-order chi connectivity index (χ1) is 15.2. The number of carbonyl (C=O) groups is 2. The number of aliphatic carboxylic acids is 1. The fourth-order valence-corrected chi connectivity index (χ4v) is 2.87. The van der Waals surface area contributed by atoms with E-state index in [9.17, 15) is 9.59 Å². The second-order valence-corrected chi connectivity index (χ2v) is 6.92. The van der Waals surface area contributed by atoms with Gasteiger partial charge in [0.25, 0.3) is 5.91 Å². The summed E-state index contributed by atoms with van der Waals surface area (Å²) >= 11 is 0. The fourth-order valence-electron chi connectivity index (χ4n) is 2.87. The molecule has 0 fully saturated rings. The van der Waals surface area contributed by atoms with Crippen molar-refractivity contribution >= 4 is 34.8 Å². The first kappa shape index (κ1) is 24.0. The van der Waals surface area contributed by atoms with E-state index in [4.69, 9.17) is 23.0 Å². The summed E-state index contributed by atoms with van der Waals surface area (Å²) in [6, 6.07) is 0. The van der Waals surface area contributed by atoms with Gasteiger partial charge in [0.15, 0.2) is 17.0 Å². The van der Waals surface area contributed by atoms with Crippen molar-refractivity contribution in [3.63, 3.8) is 0 Å². The maximum Gasteiger partial charge on any atom is 0.322 e. The first-order valence-electron chi connectivity index (χ1n) is 9.74. The maximum atomic E-state index is 12.2. The third kappa shape index (κ3) is 6.63. The van der Waals surface area contributed by atoms with E-state index in [-0.39, 0.29) is 17.7 Å². The molecule has 0 saturated carbocycles. The van der Waals surface area contributed by atoms with Crippen molar-refractivity contribution in [2.45, 2.75) is 26.7 Å². The van der Waals surface area contributed by atoms with E-state index in [0.717, 1.165) is 5.57 Å². The van der Waals surface area contributed by atoms with Gasteiger partial charge in [-0.25, -0.2) is 9.97 Å². The second kappa shape index (κ2) is 11.2. The summed E-state index contributed by atoms with van der Waals surface area (Å²) in [4.78, 5) is 39.6. The maximum absolute atomic E-state index is 12.2. The van der Waals surface area contributed by atoms with Crippen molar-refractivity contribution in [2.24, 2.45) is 5.92 Å². The number of fused-ring (bicyclic) bond motifs is 1. The van der Waals surface area contributed by atoms with E-state index in [1.165, 1.54) is 0 Å². The largest absolute Gasteiger partial charge is 0.480 e. The number of nitrogens with one attached hydrogen (secondary N) is 1. The molecule has 166 valence electrons. The molecule has 0 aliphatic rings. The molecular weight excluding hydrogens is 410 g/mol. The van der Waals surface area contributed by atoms with Crippen molar-refractivity contribution in [1.82, 2.24) is 25.3 Å². The number of nitrogen functional groups attached to an aromatic ring is 2. The van der Waals surface area contributed by atoms with E-state index in [1.54, 1.807) is 37.4 Å². The van der Waals surface area contributed by atoms with Crippen molar-refractivity contribution in [1.29, 1.82) is 0 Å².